The largest absolute Gasteiger partial charge is 0.481 e. The summed E-state index contributed by atoms with van der Waals surface area (Å²) >= 11 is 3.43. The molecule has 0 aromatic heterocycles. The van der Waals surface area contributed by atoms with Crippen molar-refractivity contribution < 1.29 is 14.7 Å². The van der Waals surface area contributed by atoms with Gasteiger partial charge in [0.05, 0.1) is 11.3 Å². The van der Waals surface area contributed by atoms with Crippen LogP contribution in [0.5, 0.6) is 0 Å². The standard InChI is InChI=1S/C16H20BrNO3/c1-16(2,12-6-3-7-13(17)9-12)15(21)18-8-4-5-11(10-18)14(19)20/h3,6-7,9,11H,4-5,8,10H2,1-2H3,(H,19,20). The lowest BCUT2D eigenvalue weighted by Gasteiger charge is -2.36. The van der Waals surface area contributed by atoms with Gasteiger partial charge in [-0.3, -0.25) is 9.59 Å². The van der Waals surface area contributed by atoms with Crippen LogP contribution >= 0.6 is 15.9 Å². The molecule has 1 aliphatic rings. The summed E-state index contributed by atoms with van der Waals surface area (Å²) in [4.78, 5) is 25.7. The van der Waals surface area contributed by atoms with Crippen molar-refractivity contribution >= 4 is 27.8 Å². The summed E-state index contributed by atoms with van der Waals surface area (Å²) in [6.45, 7) is 4.73. The number of halogens is 1. The predicted octanol–water partition coefficient (Wildman–Crippen LogP) is 3.05. The molecule has 1 aliphatic heterocycles. The maximum atomic E-state index is 12.8. The van der Waals surface area contributed by atoms with Crippen LogP contribution in [-0.2, 0) is 15.0 Å². The van der Waals surface area contributed by atoms with Crippen molar-refractivity contribution in [2.24, 2.45) is 5.92 Å². The van der Waals surface area contributed by atoms with Crippen molar-refractivity contribution in [2.45, 2.75) is 32.1 Å². The molecule has 1 amide bonds. The average molecular weight is 354 g/mol. The number of carbonyl (C=O) groups excluding carboxylic acids is 1. The molecule has 0 spiro atoms. The summed E-state index contributed by atoms with van der Waals surface area (Å²) in [6.07, 6.45) is 1.40. The second-order valence-electron chi connectivity index (χ2n) is 6.06. The summed E-state index contributed by atoms with van der Waals surface area (Å²) in [5.74, 6) is -1.26. The van der Waals surface area contributed by atoms with Crippen LogP contribution in [-0.4, -0.2) is 35.0 Å². The van der Waals surface area contributed by atoms with E-state index in [0.29, 0.717) is 19.5 Å². The van der Waals surface area contributed by atoms with E-state index in [-0.39, 0.29) is 5.91 Å². The fraction of sp³-hybridized carbons (Fsp3) is 0.500. The molecule has 2 rings (SSSR count). The van der Waals surface area contributed by atoms with Crippen molar-refractivity contribution in [2.75, 3.05) is 13.1 Å². The van der Waals surface area contributed by atoms with Crippen molar-refractivity contribution in [1.29, 1.82) is 0 Å². The minimum atomic E-state index is -0.812. The van der Waals surface area contributed by atoms with Crippen LogP contribution in [0.2, 0.25) is 0 Å². The van der Waals surface area contributed by atoms with E-state index in [0.717, 1.165) is 16.5 Å². The quantitative estimate of drug-likeness (QED) is 0.908. The van der Waals surface area contributed by atoms with Gasteiger partial charge < -0.3 is 10.0 Å². The number of hydrogen-bond donors (Lipinski definition) is 1. The zero-order valence-electron chi connectivity index (χ0n) is 12.3. The second kappa shape index (κ2) is 6.18. The highest BCUT2D eigenvalue weighted by atomic mass is 79.9. The number of likely N-dealkylation sites (tertiary alicyclic amines) is 1. The Balaban J connectivity index is 2.19. The molecule has 21 heavy (non-hydrogen) atoms. The Morgan fingerprint density at radius 3 is 2.71 bits per heavy atom. The van der Waals surface area contributed by atoms with Gasteiger partial charge in [0.25, 0.3) is 0 Å². The van der Waals surface area contributed by atoms with Gasteiger partial charge in [-0.05, 0) is 44.4 Å². The lowest BCUT2D eigenvalue weighted by atomic mass is 9.82. The first-order chi connectivity index (χ1) is 9.82. The molecular weight excluding hydrogens is 334 g/mol. The first-order valence-electron chi connectivity index (χ1n) is 7.10. The summed E-state index contributed by atoms with van der Waals surface area (Å²) in [6, 6.07) is 7.70. The molecule has 0 bridgehead atoms. The number of amides is 1. The topological polar surface area (TPSA) is 57.6 Å². The number of piperidine rings is 1. The molecular formula is C16H20BrNO3. The zero-order valence-corrected chi connectivity index (χ0v) is 13.9. The molecule has 1 N–H and O–H groups in total. The van der Waals surface area contributed by atoms with Gasteiger partial charge in [0.2, 0.25) is 5.91 Å². The predicted molar refractivity (Wildman–Crippen MR) is 84.1 cm³/mol. The van der Waals surface area contributed by atoms with Gasteiger partial charge in [0.1, 0.15) is 0 Å². The second-order valence-corrected chi connectivity index (χ2v) is 6.98. The van der Waals surface area contributed by atoms with Crippen molar-refractivity contribution in [3.8, 4) is 0 Å². The molecule has 1 fully saturated rings. The van der Waals surface area contributed by atoms with Crippen LogP contribution in [0.15, 0.2) is 28.7 Å². The average Bonchev–Trinajstić information content (AvgIpc) is 2.46. The van der Waals surface area contributed by atoms with E-state index in [4.69, 9.17) is 5.11 Å². The summed E-state index contributed by atoms with van der Waals surface area (Å²) in [5.41, 5.74) is 0.267. The van der Waals surface area contributed by atoms with E-state index >= 15 is 0 Å². The van der Waals surface area contributed by atoms with Crippen LogP contribution in [0.25, 0.3) is 0 Å². The summed E-state index contributed by atoms with van der Waals surface area (Å²) in [7, 11) is 0. The molecule has 0 radical (unpaired) electrons. The highest BCUT2D eigenvalue weighted by Crippen LogP contribution is 2.30. The van der Waals surface area contributed by atoms with Crippen LogP contribution in [0.1, 0.15) is 32.3 Å². The number of rotatable bonds is 3. The summed E-state index contributed by atoms with van der Waals surface area (Å²) in [5, 5.41) is 9.15. The third kappa shape index (κ3) is 3.46. The van der Waals surface area contributed by atoms with Gasteiger partial charge in [-0.2, -0.15) is 0 Å². The van der Waals surface area contributed by atoms with Crippen molar-refractivity contribution in [1.82, 2.24) is 4.90 Å². The Hall–Kier alpha value is -1.36. The molecule has 0 saturated carbocycles. The molecule has 1 unspecified atom stereocenters. The van der Waals surface area contributed by atoms with E-state index in [1.54, 1.807) is 4.90 Å². The van der Waals surface area contributed by atoms with Gasteiger partial charge in [-0.15, -0.1) is 0 Å². The SMILES string of the molecule is CC(C)(C(=O)N1CCCC(C(=O)O)C1)c1cccc(Br)c1. The number of carbonyl (C=O) groups is 2. The first kappa shape index (κ1) is 16.0. The Labute approximate surface area is 133 Å². The fourth-order valence-electron chi connectivity index (χ4n) is 2.76. The highest BCUT2D eigenvalue weighted by molar-refractivity contribution is 9.10. The minimum Gasteiger partial charge on any atom is -0.481 e. The summed E-state index contributed by atoms with van der Waals surface area (Å²) < 4.78 is 0.933. The van der Waals surface area contributed by atoms with Crippen LogP contribution < -0.4 is 0 Å². The minimum absolute atomic E-state index is 0.00782. The normalized spacial score (nSPS) is 19.4. The van der Waals surface area contributed by atoms with Gasteiger partial charge in [-0.25, -0.2) is 0 Å². The number of carboxylic acids is 1. The smallest absolute Gasteiger partial charge is 0.308 e. The van der Waals surface area contributed by atoms with Crippen LogP contribution in [0, 0.1) is 5.92 Å². The Kier molecular flexibility index (Phi) is 4.71. The number of aliphatic carboxylic acids is 1. The lowest BCUT2D eigenvalue weighted by molar-refractivity contribution is -0.147. The van der Waals surface area contributed by atoms with Gasteiger partial charge in [-0.1, -0.05) is 28.1 Å². The molecule has 1 aromatic carbocycles. The first-order valence-corrected chi connectivity index (χ1v) is 7.90. The zero-order chi connectivity index (χ0) is 15.6. The van der Waals surface area contributed by atoms with E-state index < -0.39 is 17.3 Å². The highest BCUT2D eigenvalue weighted by Gasteiger charge is 2.37. The molecule has 5 heteroatoms. The van der Waals surface area contributed by atoms with Gasteiger partial charge in [0, 0.05) is 17.6 Å². The number of carboxylic acid groups (broad SMARTS) is 1. The Bertz CT molecular complexity index is 556. The van der Waals surface area contributed by atoms with E-state index in [9.17, 15) is 9.59 Å². The van der Waals surface area contributed by atoms with E-state index in [2.05, 4.69) is 15.9 Å². The van der Waals surface area contributed by atoms with E-state index in [1.807, 2.05) is 38.1 Å². The third-order valence-corrected chi connectivity index (χ3v) is 4.63. The van der Waals surface area contributed by atoms with Gasteiger partial charge >= 0.3 is 5.97 Å². The van der Waals surface area contributed by atoms with Crippen molar-refractivity contribution in [3.63, 3.8) is 0 Å². The number of benzene rings is 1. The monoisotopic (exact) mass is 353 g/mol. The van der Waals surface area contributed by atoms with Crippen molar-refractivity contribution in [3.05, 3.63) is 34.3 Å². The molecule has 1 saturated heterocycles. The number of hydrogen-bond acceptors (Lipinski definition) is 2. The number of nitrogens with zero attached hydrogens (tertiary/aromatic N) is 1. The Morgan fingerprint density at radius 2 is 2.10 bits per heavy atom. The molecule has 1 heterocycles. The Morgan fingerprint density at radius 1 is 1.38 bits per heavy atom. The molecule has 1 atom stereocenters. The maximum absolute atomic E-state index is 12.8. The van der Waals surface area contributed by atoms with Crippen LogP contribution in [0.3, 0.4) is 0 Å². The third-order valence-electron chi connectivity index (χ3n) is 4.14. The van der Waals surface area contributed by atoms with Crippen LogP contribution in [0.4, 0.5) is 0 Å². The molecule has 114 valence electrons. The van der Waals surface area contributed by atoms with Gasteiger partial charge in [0.15, 0.2) is 0 Å². The van der Waals surface area contributed by atoms with E-state index in [1.165, 1.54) is 0 Å². The lowest BCUT2D eigenvalue weighted by Crippen LogP contribution is -2.49. The molecule has 1 aromatic rings. The molecule has 4 nitrogen and oxygen atoms in total. The fourth-order valence-corrected chi connectivity index (χ4v) is 3.16. The molecule has 0 aliphatic carbocycles. The maximum Gasteiger partial charge on any atom is 0.308 e.